The second-order valence-electron chi connectivity index (χ2n) is 6.60. The average molecular weight is 262 g/mol. The summed E-state index contributed by atoms with van der Waals surface area (Å²) >= 11 is 0. The quantitative estimate of drug-likeness (QED) is 0.840. The number of quaternary nitrogens is 1. The van der Waals surface area contributed by atoms with Gasteiger partial charge in [-0.05, 0) is 5.56 Å². The van der Waals surface area contributed by atoms with E-state index < -0.39 is 0 Å². The van der Waals surface area contributed by atoms with Crippen molar-refractivity contribution in [2.45, 2.75) is 44.4 Å². The predicted molar refractivity (Wildman–Crippen MR) is 73.5 cm³/mol. The van der Waals surface area contributed by atoms with Gasteiger partial charge in [-0.25, -0.2) is 0 Å². The molecule has 1 aliphatic carbocycles. The highest BCUT2D eigenvalue weighted by Crippen LogP contribution is 2.49. The zero-order chi connectivity index (χ0) is 13.5. The normalized spacial score (nSPS) is 32.6. The molecule has 0 amide bonds. The lowest BCUT2D eigenvalue weighted by Gasteiger charge is -2.47. The average Bonchev–Trinajstić information content (AvgIpc) is 2.83. The van der Waals surface area contributed by atoms with E-state index in [1.807, 2.05) is 0 Å². The lowest BCUT2D eigenvalue weighted by atomic mass is 9.64. The van der Waals surface area contributed by atoms with Gasteiger partial charge in [0.2, 0.25) is 0 Å². The molecule has 1 spiro atoms. The van der Waals surface area contributed by atoms with Crippen molar-refractivity contribution in [2.24, 2.45) is 5.41 Å². The van der Waals surface area contributed by atoms with Gasteiger partial charge in [0, 0.05) is 24.2 Å². The monoisotopic (exact) mass is 262 g/mol. The van der Waals surface area contributed by atoms with Gasteiger partial charge in [-0.2, -0.15) is 0 Å². The minimum Gasteiger partial charge on any atom is -0.354 e. The van der Waals surface area contributed by atoms with Crippen LogP contribution < -0.4 is 5.73 Å². The van der Waals surface area contributed by atoms with Gasteiger partial charge in [0.1, 0.15) is 0 Å². The fraction of sp³-hybridized carbons (Fsp3) is 0.625. The van der Waals surface area contributed by atoms with E-state index in [9.17, 15) is 0 Å². The van der Waals surface area contributed by atoms with Gasteiger partial charge in [0.25, 0.3) is 0 Å². The van der Waals surface area contributed by atoms with Crippen LogP contribution in [0.4, 0.5) is 0 Å². The zero-order valence-electron chi connectivity index (χ0n) is 11.9. The van der Waals surface area contributed by atoms with Crippen molar-refractivity contribution in [2.75, 3.05) is 13.2 Å². The summed E-state index contributed by atoms with van der Waals surface area (Å²) < 4.78 is 11.9. The largest absolute Gasteiger partial charge is 0.354 e. The predicted octanol–water partition coefficient (Wildman–Crippen LogP) is 1.94. The van der Waals surface area contributed by atoms with Crippen LogP contribution in [-0.4, -0.2) is 25.0 Å². The number of benzene rings is 1. The Labute approximate surface area is 115 Å². The van der Waals surface area contributed by atoms with Crippen molar-refractivity contribution in [3.8, 4) is 0 Å². The molecule has 1 aliphatic heterocycles. The van der Waals surface area contributed by atoms with Gasteiger partial charge in [-0.1, -0.05) is 44.2 Å². The molecule has 2 aliphatic rings. The fourth-order valence-electron chi connectivity index (χ4n) is 3.69. The molecular weight excluding hydrogens is 238 g/mol. The second kappa shape index (κ2) is 4.58. The highest BCUT2D eigenvalue weighted by Gasteiger charge is 2.54. The number of hydrogen-bond donors (Lipinski definition) is 1. The van der Waals surface area contributed by atoms with Crippen molar-refractivity contribution in [3.05, 3.63) is 35.9 Å². The topological polar surface area (TPSA) is 46.1 Å². The van der Waals surface area contributed by atoms with E-state index in [1.165, 1.54) is 5.56 Å². The molecule has 19 heavy (non-hydrogen) atoms. The first kappa shape index (κ1) is 13.1. The molecule has 0 unspecified atom stereocenters. The van der Waals surface area contributed by atoms with Gasteiger partial charge in [0.05, 0.1) is 19.3 Å². The third-order valence-corrected chi connectivity index (χ3v) is 4.79. The van der Waals surface area contributed by atoms with Crippen molar-refractivity contribution < 1.29 is 15.2 Å². The summed E-state index contributed by atoms with van der Waals surface area (Å²) in [4.78, 5) is 0. The highest BCUT2D eigenvalue weighted by atomic mass is 16.7. The zero-order valence-corrected chi connectivity index (χ0v) is 11.9. The Kier molecular flexibility index (Phi) is 3.16. The SMILES string of the molecule is CC1(C)CC2(C[C@@H](c3ccccc3)[C@@H]1[NH3+])OCCO2. The summed E-state index contributed by atoms with van der Waals surface area (Å²) in [5.41, 5.74) is 5.93. The van der Waals surface area contributed by atoms with Crippen molar-refractivity contribution >= 4 is 0 Å². The molecule has 3 rings (SSSR count). The number of hydrogen-bond acceptors (Lipinski definition) is 2. The molecule has 1 saturated heterocycles. The van der Waals surface area contributed by atoms with E-state index in [0.29, 0.717) is 12.0 Å². The van der Waals surface area contributed by atoms with Gasteiger partial charge in [-0.3, -0.25) is 0 Å². The standard InChI is InChI=1S/C16H23NO2/c1-15(2)11-16(18-8-9-19-16)10-13(14(15)17)12-6-4-3-5-7-12/h3-7,13-14H,8-11,17H2,1-2H3/p+1/t13-,14-/m0/s1. The van der Waals surface area contributed by atoms with E-state index in [4.69, 9.17) is 9.47 Å². The number of ether oxygens (including phenoxy) is 2. The maximum Gasteiger partial charge on any atom is 0.170 e. The third kappa shape index (κ3) is 2.31. The molecule has 3 heteroatoms. The van der Waals surface area contributed by atoms with Gasteiger partial charge < -0.3 is 15.2 Å². The van der Waals surface area contributed by atoms with Gasteiger partial charge >= 0.3 is 0 Å². The molecule has 3 nitrogen and oxygen atoms in total. The van der Waals surface area contributed by atoms with E-state index in [-0.39, 0.29) is 11.2 Å². The van der Waals surface area contributed by atoms with Crippen LogP contribution in [0, 0.1) is 5.41 Å². The van der Waals surface area contributed by atoms with E-state index in [1.54, 1.807) is 0 Å². The summed E-state index contributed by atoms with van der Waals surface area (Å²) in [6.07, 6.45) is 1.87. The van der Waals surface area contributed by atoms with Crippen LogP contribution in [0.5, 0.6) is 0 Å². The molecule has 1 aromatic carbocycles. The smallest absolute Gasteiger partial charge is 0.170 e. The van der Waals surface area contributed by atoms with Crippen molar-refractivity contribution in [3.63, 3.8) is 0 Å². The molecular formula is C16H24NO2+. The van der Waals surface area contributed by atoms with E-state index in [0.717, 1.165) is 26.1 Å². The summed E-state index contributed by atoms with van der Waals surface area (Å²) in [6, 6.07) is 11.1. The van der Waals surface area contributed by atoms with Crippen LogP contribution in [0.25, 0.3) is 0 Å². The van der Waals surface area contributed by atoms with Crippen LogP contribution in [0.3, 0.4) is 0 Å². The van der Waals surface area contributed by atoms with Crippen LogP contribution in [0.2, 0.25) is 0 Å². The summed E-state index contributed by atoms with van der Waals surface area (Å²) in [7, 11) is 0. The molecule has 104 valence electrons. The van der Waals surface area contributed by atoms with Crippen LogP contribution in [0.1, 0.15) is 38.2 Å². The highest BCUT2D eigenvalue weighted by molar-refractivity contribution is 5.23. The van der Waals surface area contributed by atoms with Crippen LogP contribution in [-0.2, 0) is 9.47 Å². The molecule has 1 aromatic rings. The fourth-order valence-corrected chi connectivity index (χ4v) is 3.69. The van der Waals surface area contributed by atoms with Crippen molar-refractivity contribution in [1.29, 1.82) is 0 Å². The molecule has 3 N–H and O–H groups in total. The minimum atomic E-state index is -0.377. The Hall–Kier alpha value is -0.900. The first-order valence-electron chi connectivity index (χ1n) is 7.18. The van der Waals surface area contributed by atoms with Crippen LogP contribution >= 0.6 is 0 Å². The Morgan fingerprint density at radius 2 is 1.74 bits per heavy atom. The van der Waals surface area contributed by atoms with E-state index >= 15 is 0 Å². The Morgan fingerprint density at radius 3 is 2.37 bits per heavy atom. The lowest BCUT2D eigenvalue weighted by molar-refractivity contribution is -0.466. The Balaban J connectivity index is 1.94. The Morgan fingerprint density at radius 1 is 1.11 bits per heavy atom. The van der Waals surface area contributed by atoms with E-state index in [2.05, 4.69) is 49.9 Å². The molecule has 0 radical (unpaired) electrons. The van der Waals surface area contributed by atoms with Gasteiger partial charge in [-0.15, -0.1) is 0 Å². The summed E-state index contributed by atoms with van der Waals surface area (Å²) in [5.74, 6) is 0.0288. The lowest BCUT2D eigenvalue weighted by Crippen LogP contribution is -2.73. The molecule has 1 heterocycles. The van der Waals surface area contributed by atoms with Gasteiger partial charge in [0.15, 0.2) is 5.79 Å². The maximum atomic E-state index is 5.97. The summed E-state index contributed by atoms with van der Waals surface area (Å²) in [5, 5.41) is 0. The Bertz CT molecular complexity index is 437. The second-order valence-corrected chi connectivity index (χ2v) is 6.60. The molecule has 0 bridgehead atoms. The van der Waals surface area contributed by atoms with Crippen molar-refractivity contribution in [1.82, 2.24) is 0 Å². The third-order valence-electron chi connectivity index (χ3n) is 4.79. The first-order valence-corrected chi connectivity index (χ1v) is 7.18. The molecule has 2 fully saturated rings. The van der Waals surface area contributed by atoms with Crippen LogP contribution in [0.15, 0.2) is 30.3 Å². The molecule has 1 saturated carbocycles. The molecule has 0 aromatic heterocycles. The number of rotatable bonds is 1. The molecule has 2 atom stereocenters. The first-order chi connectivity index (χ1) is 9.03. The summed E-state index contributed by atoms with van der Waals surface area (Å²) in [6.45, 7) is 6.01. The maximum absolute atomic E-state index is 5.97. The minimum absolute atomic E-state index is 0.128.